The Labute approximate surface area is 111 Å². The topological polar surface area (TPSA) is 33.6 Å². The van der Waals surface area contributed by atoms with E-state index in [0.29, 0.717) is 6.61 Å². The molecule has 0 bridgehead atoms. The summed E-state index contributed by atoms with van der Waals surface area (Å²) in [7, 11) is 0. The van der Waals surface area contributed by atoms with Crippen molar-refractivity contribution in [3.05, 3.63) is 59.9 Å². The molecule has 0 saturated carbocycles. The smallest absolute Gasteiger partial charge is 0.123 e. The molecule has 0 aliphatic carbocycles. The van der Waals surface area contributed by atoms with Crippen molar-refractivity contribution in [1.82, 2.24) is 0 Å². The lowest BCUT2D eigenvalue weighted by Crippen LogP contribution is -1.93. The van der Waals surface area contributed by atoms with Gasteiger partial charge in [-0.25, -0.2) is 4.39 Å². The Morgan fingerprint density at radius 1 is 1.21 bits per heavy atom. The summed E-state index contributed by atoms with van der Waals surface area (Å²) in [6, 6.07) is 13.7. The first-order chi connectivity index (χ1) is 9.28. The minimum absolute atomic E-state index is 0.265. The summed E-state index contributed by atoms with van der Waals surface area (Å²) in [5.41, 5.74) is 4.50. The number of hydrogen-bond acceptors (Lipinski definition) is 3. The van der Waals surface area contributed by atoms with Crippen molar-refractivity contribution < 1.29 is 9.13 Å². The van der Waals surface area contributed by atoms with Crippen LogP contribution in [0, 0.1) is 5.82 Å². The zero-order valence-electron chi connectivity index (χ0n) is 10.6. The number of rotatable bonds is 5. The summed E-state index contributed by atoms with van der Waals surface area (Å²) in [5, 5.41) is 4.09. The van der Waals surface area contributed by atoms with Crippen LogP contribution in [0.25, 0.3) is 0 Å². The number of nitrogens with zero attached hydrogens (tertiary/aromatic N) is 1. The van der Waals surface area contributed by atoms with Crippen molar-refractivity contribution in [2.24, 2.45) is 5.10 Å². The van der Waals surface area contributed by atoms with E-state index in [4.69, 9.17) is 4.74 Å². The minimum atomic E-state index is -0.265. The maximum atomic E-state index is 12.7. The van der Waals surface area contributed by atoms with E-state index >= 15 is 0 Å². The number of benzene rings is 2. The Morgan fingerprint density at radius 3 is 2.74 bits per heavy atom. The molecule has 3 nitrogen and oxygen atoms in total. The van der Waals surface area contributed by atoms with Crippen molar-refractivity contribution in [3.63, 3.8) is 0 Å². The summed E-state index contributed by atoms with van der Waals surface area (Å²) < 4.78 is 18.1. The number of hydrazone groups is 1. The molecule has 0 atom stereocenters. The molecule has 2 aromatic rings. The van der Waals surface area contributed by atoms with Crippen molar-refractivity contribution >= 4 is 11.9 Å². The largest absolute Gasteiger partial charge is 0.494 e. The number of anilines is 1. The van der Waals surface area contributed by atoms with E-state index < -0.39 is 0 Å². The fraction of sp³-hybridized carbons (Fsp3) is 0.133. The third kappa shape index (κ3) is 4.10. The first-order valence-corrected chi connectivity index (χ1v) is 6.05. The Bertz CT molecular complexity index is 552. The fourth-order valence-corrected chi connectivity index (χ4v) is 1.56. The van der Waals surface area contributed by atoms with E-state index in [1.807, 2.05) is 31.2 Å². The molecule has 98 valence electrons. The monoisotopic (exact) mass is 258 g/mol. The van der Waals surface area contributed by atoms with Gasteiger partial charge in [-0.3, -0.25) is 5.43 Å². The molecule has 0 radical (unpaired) electrons. The van der Waals surface area contributed by atoms with Crippen LogP contribution in [0.5, 0.6) is 5.75 Å². The van der Waals surface area contributed by atoms with Gasteiger partial charge in [0.05, 0.1) is 18.5 Å². The van der Waals surface area contributed by atoms with Gasteiger partial charge in [-0.2, -0.15) is 5.10 Å². The minimum Gasteiger partial charge on any atom is -0.494 e. The van der Waals surface area contributed by atoms with Gasteiger partial charge in [0.1, 0.15) is 11.6 Å². The lowest BCUT2D eigenvalue weighted by molar-refractivity contribution is 0.340. The van der Waals surface area contributed by atoms with E-state index in [9.17, 15) is 4.39 Å². The summed E-state index contributed by atoms with van der Waals surface area (Å²) in [4.78, 5) is 0. The van der Waals surface area contributed by atoms with Gasteiger partial charge in [-0.1, -0.05) is 12.1 Å². The number of ether oxygens (including phenoxy) is 1. The molecule has 0 unspecified atom stereocenters. The molecule has 0 aliphatic rings. The molecule has 0 heterocycles. The first-order valence-electron chi connectivity index (χ1n) is 6.05. The van der Waals surface area contributed by atoms with Crippen LogP contribution in [-0.2, 0) is 0 Å². The number of halogens is 1. The van der Waals surface area contributed by atoms with Crippen LogP contribution < -0.4 is 10.2 Å². The van der Waals surface area contributed by atoms with Gasteiger partial charge in [-0.15, -0.1) is 0 Å². The van der Waals surface area contributed by atoms with Gasteiger partial charge >= 0.3 is 0 Å². The second-order valence-corrected chi connectivity index (χ2v) is 3.88. The van der Waals surface area contributed by atoms with Crippen LogP contribution in [0.1, 0.15) is 12.5 Å². The van der Waals surface area contributed by atoms with Crippen LogP contribution in [0.4, 0.5) is 10.1 Å². The van der Waals surface area contributed by atoms with Crippen molar-refractivity contribution in [3.8, 4) is 5.75 Å². The molecule has 0 amide bonds. The maximum absolute atomic E-state index is 12.7. The first kappa shape index (κ1) is 13.1. The Balaban J connectivity index is 1.98. The number of nitrogens with one attached hydrogen (secondary N) is 1. The molecule has 2 rings (SSSR count). The van der Waals surface area contributed by atoms with E-state index in [1.165, 1.54) is 12.1 Å². The molecule has 0 spiro atoms. The van der Waals surface area contributed by atoms with Gasteiger partial charge in [0, 0.05) is 0 Å². The Kier molecular flexibility index (Phi) is 4.50. The van der Waals surface area contributed by atoms with Crippen LogP contribution in [0.2, 0.25) is 0 Å². The highest BCUT2D eigenvalue weighted by molar-refractivity contribution is 5.80. The van der Waals surface area contributed by atoms with Gasteiger partial charge in [0.25, 0.3) is 0 Å². The van der Waals surface area contributed by atoms with Crippen molar-refractivity contribution in [2.45, 2.75) is 6.92 Å². The second-order valence-electron chi connectivity index (χ2n) is 3.88. The van der Waals surface area contributed by atoms with E-state index in [2.05, 4.69) is 10.5 Å². The van der Waals surface area contributed by atoms with Gasteiger partial charge in [0.15, 0.2) is 0 Å². The lowest BCUT2D eigenvalue weighted by atomic mass is 10.2. The average Bonchev–Trinajstić information content (AvgIpc) is 2.42. The van der Waals surface area contributed by atoms with Crippen LogP contribution >= 0.6 is 0 Å². The Hall–Kier alpha value is -2.36. The van der Waals surface area contributed by atoms with Gasteiger partial charge in [0.2, 0.25) is 0 Å². The summed E-state index contributed by atoms with van der Waals surface area (Å²) in [5.74, 6) is 0.548. The quantitative estimate of drug-likeness (QED) is 0.655. The van der Waals surface area contributed by atoms with Crippen LogP contribution in [0.15, 0.2) is 53.6 Å². The lowest BCUT2D eigenvalue weighted by Gasteiger charge is -2.03. The summed E-state index contributed by atoms with van der Waals surface area (Å²) in [6.45, 7) is 2.57. The maximum Gasteiger partial charge on any atom is 0.123 e. The van der Waals surface area contributed by atoms with Crippen molar-refractivity contribution in [1.29, 1.82) is 0 Å². The zero-order valence-corrected chi connectivity index (χ0v) is 10.6. The molecule has 1 N–H and O–H groups in total. The molecule has 2 aromatic carbocycles. The van der Waals surface area contributed by atoms with E-state index in [0.717, 1.165) is 17.0 Å². The zero-order chi connectivity index (χ0) is 13.5. The SMILES string of the molecule is CCOc1cccc(/C=N/Nc2ccc(F)cc2)c1. The molecular formula is C15H15FN2O. The standard InChI is InChI=1S/C15H15FN2O/c1-2-19-15-5-3-4-12(10-15)11-17-18-14-8-6-13(16)7-9-14/h3-11,18H,2H2,1H3/b17-11+. The van der Waals surface area contributed by atoms with E-state index in [-0.39, 0.29) is 5.82 Å². The predicted octanol–water partition coefficient (Wildman–Crippen LogP) is 3.67. The number of hydrogen-bond donors (Lipinski definition) is 1. The molecular weight excluding hydrogens is 243 g/mol. The predicted molar refractivity (Wildman–Crippen MR) is 75.2 cm³/mol. The summed E-state index contributed by atoms with van der Waals surface area (Å²) >= 11 is 0. The van der Waals surface area contributed by atoms with Crippen LogP contribution in [0.3, 0.4) is 0 Å². The molecule has 4 heteroatoms. The molecule has 0 aromatic heterocycles. The molecule has 19 heavy (non-hydrogen) atoms. The molecule has 0 aliphatic heterocycles. The summed E-state index contributed by atoms with van der Waals surface area (Å²) in [6.07, 6.45) is 1.69. The van der Waals surface area contributed by atoms with Gasteiger partial charge < -0.3 is 4.74 Å². The fourth-order valence-electron chi connectivity index (χ4n) is 1.56. The highest BCUT2D eigenvalue weighted by Gasteiger charge is 1.94. The second kappa shape index (κ2) is 6.54. The molecule has 0 saturated heterocycles. The molecule has 0 fully saturated rings. The van der Waals surface area contributed by atoms with Crippen molar-refractivity contribution in [2.75, 3.05) is 12.0 Å². The van der Waals surface area contributed by atoms with E-state index in [1.54, 1.807) is 18.3 Å². The average molecular weight is 258 g/mol. The highest BCUT2D eigenvalue weighted by Crippen LogP contribution is 2.12. The normalized spacial score (nSPS) is 10.6. The van der Waals surface area contributed by atoms with Gasteiger partial charge in [-0.05, 0) is 48.9 Å². The Morgan fingerprint density at radius 2 is 2.00 bits per heavy atom. The third-order valence-corrected chi connectivity index (χ3v) is 2.42. The highest BCUT2D eigenvalue weighted by atomic mass is 19.1. The third-order valence-electron chi connectivity index (χ3n) is 2.42. The van der Waals surface area contributed by atoms with Crippen LogP contribution in [-0.4, -0.2) is 12.8 Å².